The average molecular weight is 410 g/mol. The second-order valence-corrected chi connectivity index (χ2v) is 6.97. The van der Waals surface area contributed by atoms with Gasteiger partial charge in [0.15, 0.2) is 0 Å². The van der Waals surface area contributed by atoms with E-state index in [2.05, 4.69) is 22.6 Å². The third kappa shape index (κ3) is 4.29. The molecule has 2 aliphatic heterocycles. The fourth-order valence-electron chi connectivity index (χ4n) is 2.65. The van der Waals surface area contributed by atoms with Crippen LogP contribution >= 0.6 is 22.6 Å². The van der Waals surface area contributed by atoms with Gasteiger partial charge in [0.25, 0.3) is 0 Å². The Morgan fingerprint density at radius 1 is 1.05 bits per heavy atom. The molecule has 0 aromatic carbocycles. The first-order valence-corrected chi connectivity index (χ1v) is 8.64. The number of hydrogen-bond acceptors (Lipinski definition) is 6. The van der Waals surface area contributed by atoms with Crippen molar-refractivity contribution in [3.63, 3.8) is 0 Å². The number of alkyl halides is 1. The highest BCUT2D eigenvalue weighted by molar-refractivity contribution is 14.1. The van der Waals surface area contributed by atoms with Crippen molar-refractivity contribution in [1.29, 1.82) is 0 Å². The average Bonchev–Trinajstić information content (AvgIpc) is 3.40. The molecule has 5 atom stereocenters. The van der Waals surface area contributed by atoms with Crippen LogP contribution in [0.15, 0.2) is 0 Å². The minimum Gasteiger partial charge on any atom is -0.463 e. The Bertz CT molecular complexity index is 410. The molecule has 6 nitrogen and oxygen atoms in total. The van der Waals surface area contributed by atoms with Gasteiger partial charge in [-0.3, -0.25) is 9.59 Å². The standard InChI is InChI=1S/C14H19IO6/c15-12-11(21-12)7-20-14(17)10-4-2-1-3-9(10)13(16)19-6-8-5-18-8/h8-12H,1-7H2. The summed E-state index contributed by atoms with van der Waals surface area (Å²) < 4.78 is 20.9. The molecule has 0 spiro atoms. The molecule has 3 aliphatic rings. The summed E-state index contributed by atoms with van der Waals surface area (Å²) in [6.07, 6.45) is 3.34. The van der Waals surface area contributed by atoms with E-state index < -0.39 is 0 Å². The Hall–Kier alpha value is -0.410. The molecule has 3 fully saturated rings. The summed E-state index contributed by atoms with van der Waals surface area (Å²) in [6.45, 7) is 1.23. The van der Waals surface area contributed by atoms with E-state index in [-0.39, 0.29) is 46.7 Å². The van der Waals surface area contributed by atoms with Gasteiger partial charge >= 0.3 is 11.9 Å². The maximum absolute atomic E-state index is 12.2. The van der Waals surface area contributed by atoms with Gasteiger partial charge in [-0.2, -0.15) is 0 Å². The number of esters is 2. The Balaban J connectivity index is 1.49. The lowest BCUT2D eigenvalue weighted by atomic mass is 9.79. The molecule has 0 radical (unpaired) electrons. The van der Waals surface area contributed by atoms with E-state index in [1.165, 1.54) is 0 Å². The van der Waals surface area contributed by atoms with Gasteiger partial charge in [0, 0.05) is 0 Å². The summed E-state index contributed by atoms with van der Waals surface area (Å²) in [5.74, 6) is -1.33. The molecule has 7 heteroatoms. The van der Waals surface area contributed by atoms with Crippen LogP contribution in [0, 0.1) is 11.8 Å². The third-order valence-corrected chi connectivity index (χ3v) is 5.19. The van der Waals surface area contributed by atoms with Gasteiger partial charge < -0.3 is 18.9 Å². The van der Waals surface area contributed by atoms with E-state index in [4.69, 9.17) is 18.9 Å². The molecule has 0 aromatic rings. The van der Waals surface area contributed by atoms with Crippen LogP contribution in [0.4, 0.5) is 0 Å². The van der Waals surface area contributed by atoms with Crippen molar-refractivity contribution in [2.24, 2.45) is 11.8 Å². The highest BCUT2D eigenvalue weighted by Crippen LogP contribution is 2.33. The lowest BCUT2D eigenvalue weighted by Gasteiger charge is -2.28. The second-order valence-electron chi connectivity index (χ2n) is 5.74. The lowest BCUT2D eigenvalue weighted by molar-refractivity contribution is -0.163. The van der Waals surface area contributed by atoms with Gasteiger partial charge in [-0.1, -0.05) is 12.8 Å². The van der Waals surface area contributed by atoms with Crippen molar-refractivity contribution in [1.82, 2.24) is 0 Å². The third-order valence-electron chi connectivity index (χ3n) is 4.10. The number of ether oxygens (including phenoxy) is 4. The van der Waals surface area contributed by atoms with E-state index in [1.54, 1.807) is 0 Å². The van der Waals surface area contributed by atoms with E-state index in [9.17, 15) is 9.59 Å². The molecule has 118 valence electrons. The molecule has 2 heterocycles. The Morgan fingerprint density at radius 3 is 2.05 bits per heavy atom. The molecule has 0 amide bonds. The Morgan fingerprint density at radius 2 is 1.57 bits per heavy atom. The molecule has 21 heavy (non-hydrogen) atoms. The van der Waals surface area contributed by atoms with Gasteiger partial charge in [0.2, 0.25) is 0 Å². The number of halogens is 1. The first kappa shape index (κ1) is 15.5. The van der Waals surface area contributed by atoms with Crippen LogP contribution in [0.5, 0.6) is 0 Å². The van der Waals surface area contributed by atoms with Gasteiger partial charge in [0.1, 0.15) is 29.5 Å². The fourth-order valence-corrected chi connectivity index (χ4v) is 3.23. The van der Waals surface area contributed by atoms with Gasteiger partial charge in [-0.05, 0) is 35.4 Å². The molecule has 0 bridgehead atoms. The monoisotopic (exact) mass is 410 g/mol. The molecule has 5 unspecified atom stereocenters. The van der Waals surface area contributed by atoms with E-state index in [0.29, 0.717) is 26.1 Å². The SMILES string of the molecule is O=C(OCC1CO1)C1CCCCC1C(=O)OCC1OC1I. The predicted molar refractivity (Wildman–Crippen MR) is 79.8 cm³/mol. The molecule has 1 aliphatic carbocycles. The Labute approximate surface area is 137 Å². The van der Waals surface area contributed by atoms with Crippen LogP contribution in [0.2, 0.25) is 0 Å². The largest absolute Gasteiger partial charge is 0.463 e. The van der Waals surface area contributed by atoms with E-state index in [0.717, 1.165) is 12.8 Å². The van der Waals surface area contributed by atoms with Gasteiger partial charge in [-0.25, -0.2) is 0 Å². The summed E-state index contributed by atoms with van der Waals surface area (Å²) in [7, 11) is 0. The van der Waals surface area contributed by atoms with Crippen molar-refractivity contribution in [3.05, 3.63) is 0 Å². The van der Waals surface area contributed by atoms with E-state index >= 15 is 0 Å². The zero-order valence-corrected chi connectivity index (χ0v) is 13.8. The zero-order valence-electron chi connectivity index (χ0n) is 11.7. The van der Waals surface area contributed by atoms with Gasteiger partial charge in [0.05, 0.1) is 18.4 Å². The molecule has 1 saturated carbocycles. The quantitative estimate of drug-likeness (QED) is 0.286. The zero-order chi connectivity index (χ0) is 14.8. The van der Waals surface area contributed by atoms with Crippen LogP contribution in [0.1, 0.15) is 25.7 Å². The number of carbonyl (C=O) groups excluding carboxylic acids is 2. The fraction of sp³-hybridized carbons (Fsp3) is 0.857. The van der Waals surface area contributed by atoms with E-state index in [1.807, 2.05) is 0 Å². The van der Waals surface area contributed by atoms with Crippen molar-refractivity contribution >= 4 is 34.5 Å². The Kier molecular flexibility index (Phi) is 5.00. The molecular weight excluding hydrogens is 391 g/mol. The topological polar surface area (TPSA) is 77.7 Å². The lowest BCUT2D eigenvalue weighted by Crippen LogP contribution is -2.36. The van der Waals surface area contributed by atoms with Crippen molar-refractivity contribution in [2.45, 2.75) is 42.0 Å². The maximum atomic E-state index is 12.2. The minimum atomic E-state index is -0.377. The number of hydrogen-bond donors (Lipinski definition) is 0. The normalized spacial score (nSPS) is 37.7. The molecule has 0 aromatic heterocycles. The molecule has 0 N–H and O–H groups in total. The highest BCUT2D eigenvalue weighted by Gasteiger charge is 2.41. The number of epoxide rings is 2. The van der Waals surface area contributed by atoms with Crippen molar-refractivity contribution in [2.75, 3.05) is 19.8 Å². The summed E-state index contributed by atoms with van der Waals surface area (Å²) in [5, 5.41) is 0. The van der Waals surface area contributed by atoms with Crippen LogP contribution in [0.25, 0.3) is 0 Å². The first-order valence-electron chi connectivity index (χ1n) is 7.39. The summed E-state index contributed by atoms with van der Waals surface area (Å²) in [5.41, 5.74) is 0. The number of rotatable bonds is 6. The summed E-state index contributed by atoms with van der Waals surface area (Å²) in [6, 6.07) is 0. The minimum absolute atomic E-state index is 0.00978. The highest BCUT2D eigenvalue weighted by atomic mass is 127. The first-order chi connectivity index (χ1) is 10.1. The second kappa shape index (κ2) is 6.78. The predicted octanol–water partition coefficient (Wildman–Crippen LogP) is 1.44. The van der Waals surface area contributed by atoms with Crippen LogP contribution in [0.3, 0.4) is 0 Å². The molecule has 3 rings (SSSR count). The smallest absolute Gasteiger partial charge is 0.309 e. The summed E-state index contributed by atoms with van der Waals surface area (Å²) >= 11 is 2.16. The summed E-state index contributed by atoms with van der Waals surface area (Å²) in [4.78, 5) is 24.3. The van der Waals surface area contributed by atoms with Gasteiger partial charge in [-0.15, -0.1) is 0 Å². The van der Waals surface area contributed by atoms with Crippen LogP contribution < -0.4 is 0 Å². The number of carbonyl (C=O) groups is 2. The van der Waals surface area contributed by atoms with Crippen LogP contribution in [-0.2, 0) is 28.5 Å². The van der Waals surface area contributed by atoms with Crippen molar-refractivity contribution < 1.29 is 28.5 Å². The van der Waals surface area contributed by atoms with Crippen molar-refractivity contribution in [3.8, 4) is 0 Å². The maximum Gasteiger partial charge on any atom is 0.309 e. The molecule has 2 saturated heterocycles. The van der Waals surface area contributed by atoms with Crippen LogP contribution in [-0.4, -0.2) is 48.1 Å². The molecular formula is C14H19IO6.